The Labute approximate surface area is 180 Å². The lowest BCUT2D eigenvalue weighted by Crippen LogP contribution is -2.37. The van der Waals surface area contributed by atoms with Gasteiger partial charge in [0.05, 0.1) is 5.69 Å². The van der Waals surface area contributed by atoms with E-state index in [0.29, 0.717) is 6.54 Å². The van der Waals surface area contributed by atoms with Crippen molar-refractivity contribution in [2.75, 3.05) is 13.6 Å². The van der Waals surface area contributed by atoms with Gasteiger partial charge in [0, 0.05) is 32.0 Å². The Kier molecular flexibility index (Phi) is 10.4. The molecule has 2 heterocycles. The van der Waals surface area contributed by atoms with Crippen LogP contribution in [0.4, 0.5) is 0 Å². The molecule has 6 nitrogen and oxygen atoms in total. The predicted molar refractivity (Wildman–Crippen MR) is 123 cm³/mol. The van der Waals surface area contributed by atoms with Crippen molar-refractivity contribution in [3.8, 4) is 5.82 Å². The van der Waals surface area contributed by atoms with Gasteiger partial charge in [-0.15, -0.1) is 24.0 Å². The molecule has 0 unspecified atom stereocenters. The van der Waals surface area contributed by atoms with Crippen LogP contribution in [0, 0.1) is 19.8 Å². The first-order valence-corrected chi connectivity index (χ1v) is 9.42. The Bertz CT molecular complexity index is 706. The Morgan fingerprint density at radius 3 is 2.52 bits per heavy atom. The number of nitrogens with one attached hydrogen (secondary N) is 2. The van der Waals surface area contributed by atoms with E-state index in [1.807, 2.05) is 36.9 Å². The molecule has 0 saturated carbocycles. The standard InChI is InChI=1S/C20H32N6.HI/c1-15(2)8-6-7-11-22-20(21-5)24-14-18-9-10-19(23-13-18)26-17(4)12-16(3)25-26;/h9-10,12-13,15H,6-8,11,14H2,1-5H3,(H2,21,22,24);1H. The summed E-state index contributed by atoms with van der Waals surface area (Å²) in [4.78, 5) is 8.81. The summed E-state index contributed by atoms with van der Waals surface area (Å²) in [5.74, 6) is 2.45. The van der Waals surface area contributed by atoms with E-state index in [1.54, 1.807) is 7.05 Å². The van der Waals surface area contributed by atoms with E-state index in [0.717, 1.165) is 47.6 Å². The van der Waals surface area contributed by atoms with Gasteiger partial charge >= 0.3 is 0 Å². The molecular weight excluding hydrogens is 451 g/mol. The number of hydrogen-bond acceptors (Lipinski definition) is 3. The lowest BCUT2D eigenvalue weighted by molar-refractivity contribution is 0.534. The van der Waals surface area contributed by atoms with E-state index in [2.05, 4.69) is 45.6 Å². The highest BCUT2D eigenvalue weighted by molar-refractivity contribution is 14.0. The zero-order chi connectivity index (χ0) is 18.9. The molecule has 7 heteroatoms. The third-order valence-electron chi connectivity index (χ3n) is 4.22. The zero-order valence-electron chi connectivity index (χ0n) is 17.1. The largest absolute Gasteiger partial charge is 0.356 e. The van der Waals surface area contributed by atoms with Crippen molar-refractivity contribution >= 4 is 29.9 Å². The SMILES string of the molecule is CN=C(NCCCCC(C)C)NCc1ccc(-n2nc(C)cc2C)nc1.I. The van der Waals surface area contributed by atoms with Gasteiger partial charge < -0.3 is 10.6 Å². The predicted octanol–water partition coefficient (Wildman–Crippen LogP) is 3.99. The van der Waals surface area contributed by atoms with Gasteiger partial charge in [-0.2, -0.15) is 5.10 Å². The number of rotatable bonds is 8. The normalized spacial score (nSPS) is 11.4. The third-order valence-corrected chi connectivity index (χ3v) is 4.22. The quantitative estimate of drug-likeness (QED) is 0.257. The summed E-state index contributed by atoms with van der Waals surface area (Å²) in [5.41, 5.74) is 3.19. The summed E-state index contributed by atoms with van der Waals surface area (Å²) in [6.45, 7) is 10.2. The molecule has 0 atom stereocenters. The van der Waals surface area contributed by atoms with Gasteiger partial charge in [-0.25, -0.2) is 9.67 Å². The molecule has 0 radical (unpaired) electrons. The van der Waals surface area contributed by atoms with E-state index in [9.17, 15) is 0 Å². The number of hydrogen-bond donors (Lipinski definition) is 2. The van der Waals surface area contributed by atoms with E-state index >= 15 is 0 Å². The van der Waals surface area contributed by atoms with Crippen molar-refractivity contribution in [3.05, 3.63) is 41.3 Å². The molecule has 0 aliphatic carbocycles. The van der Waals surface area contributed by atoms with Crippen LogP contribution in [0.15, 0.2) is 29.4 Å². The third kappa shape index (κ3) is 7.86. The number of pyridine rings is 1. The molecular formula is C20H33IN6. The van der Waals surface area contributed by atoms with Crippen LogP contribution in [-0.2, 0) is 6.54 Å². The highest BCUT2D eigenvalue weighted by atomic mass is 127. The first kappa shape index (κ1) is 23.4. The monoisotopic (exact) mass is 484 g/mol. The number of aliphatic imine (C=N–C) groups is 1. The zero-order valence-corrected chi connectivity index (χ0v) is 19.4. The highest BCUT2D eigenvalue weighted by Gasteiger charge is 2.05. The molecule has 0 aliphatic rings. The van der Waals surface area contributed by atoms with Gasteiger partial charge in [0.15, 0.2) is 11.8 Å². The van der Waals surface area contributed by atoms with Crippen molar-refractivity contribution in [3.63, 3.8) is 0 Å². The number of halogens is 1. The van der Waals surface area contributed by atoms with Crippen molar-refractivity contribution in [2.24, 2.45) is 10.9 Å². The Balaban J connectivity index is 0.00000364. The second kappa shape index (κ2) is 11.9. The van der Waals surface area contributed by atoms with Crippen molar-refractivity contribution in [2.45, 2.75) is 53.5 Å². The van der Waals surface area contributed by atoms with Crippen LogP contribution in [0.25, 0.3) is 5.82 Å². The smallest absolute Gasteiger partial charge is 0.191 e. The lowest BCUT2D eigenvalue weighted by atomic mass is 10.1. The fraction of sp³-hybridized carbons (Fsp3) is 0.550. The second-order valence-electron chi connectivity index (χ2n) is 7.11. The van der Waals surface area contributed by atoms with E-state index < -0.39 is 0 Å². The molecule has 0 fully saturated rings. The van der Waals surface area contributed by atoms with Gasteiger partial charge in [-0.1, -0.05) is 32.8 Å². The van der Waals surface area contributed by atoms with E-state index in [1.165, 1.54) is 12.8 Å². The molecule has 0 aliphatic heterocycles. The van der Waals surface area contributed by atoms with Gasteiger partial charge in [0.1, 0.15) is 0 Å². The lowest BCUT2D eigenvalue weighted by Gasteiger charge is -2.12. The molecule has 0 amide bonds. The minimum atomic E-state index is 0. The number of guanidine groups is 1. The molecule has 2 aromatic rings. The van der Waals surface area contributed by atoms with Gasteiger partial charge in [0.25, 0.3) is 0 Å². The van der Waals surface area contributed by atoms with Crippen LogP contribution in [0.3, 0.4) is 0 Å². The Morgan fingerprint density at radius 2 is 1.96 bits per heavy atom. The fourth-order valence-electron chi connectivity index (χ4n) is 2.80. The molecule has 0 aromatic carbocycles. The summed E-state index contributed by atoms with van der Waals surface area (Å²) < 4.78 is 1.87. The summed E-state index contributed by atoms with van der Waals surface area (Å²) in [6, 6.07) is 6.12. The summed E-state index contributed by atoms with van der Waals surface area (Å²) in [5, 5.41) is 11.2. The number of aryl methyl sites for hydroxylation is 2. The maximum atomic E-state index is 4.53. The van der Waals surface area contributed by atoms with Crippen LogP contribution in [0.1, 0.15) is 50.1 Å². The number of aromatic nitrogens is 3. The maximum absolute atomic E-state index is 4.53. The summed E-state index contributed by atoms with van der Waals surface area (Å²) in [7, 11) is 1.80. The number of nitrogens with zero attached hydrogens (tertiary/aromatic N) is 4. The first-order chi connectivity index (χ1) is 12.5. The van der Waals surface area contributed by atoms with Crippen LogP contribution in [0.5, 0.6) is 0 Å². The second-order valence-corrected chi connectivity index (χ2v) is 7.11. The van der Waals surface area contributed by atoms with Crippen LogP contribution in [0.2, 0.25) is 0 Å². The average Bonchev–Trinajstić information content (AvgIpc) is 2.96. The fourth-order valence-corrected chi connectivity index (χ4v) is 2.80. The van der Waals surface area contributed by atoms with E-state index in [-0.39, 0.29) is 24.0 Å². The molecule has 0 bridgehead atoms. The molecule has 150 valence electrons. The minimum Gasteiger partial charge on any atom is -0.356 e. The topological polar surface area (TPSA) is 67.1 Å². The summed E-state index contributed by atoms with van der Waals surface area (Å²) in [6.07, 6.45) is 5.58. The number of unbranched alkanes of at least 4 members (excludes halogenated alkanes) is 1. The Hall–Kier alpha value is -1.64. The first-order valence-electron chi connectivity index (χ1n) is 9.42. The molecule has 27 heavy (non-hydrogen) atoms. The molecule has 0 saturated heterocycles. The van der Waals surface area contributed by atoms with E-state index in [4.69, 9.17) is 0 Å². The highest BCUT2D eigenvalue weighted by Crippen LogP contribution is 2.10. The van der Waals surface area contributed by atoms with Crippen LogP contribution in [-0.4, -0.2) is 34.3 Å². The molecule has 2 rings (SSSR count). The maximum Gasteiger partial charge on any atom is 0.191 e. The van der Waals surface area contributed by atoms with Crippen molar-refractivity contribution in [1.29, 1.82) is 0 Å². The van der Waals surface area contributed by atoms with Crippen LogP contribution < -0.4 is 10.6 Å². The van der Waals surface area contributed by atoms with Gasteiger partial charge in [0.2, 0.25) is 0 Å². The van der Waals surface area contributed by atoms with Crippen molar-refractivity contribution in [1.82, 2.24) is 25.4 Å². The molecule has 0 spiro atoms. The van der Waals surface area contributed by atoms with Gasteiger partial charge in [-0.3, -0.25) is 4.99 Å². The van der Waals surface area contributed by atoms with Crippen molar-refractivity contribution < 1.29 is 0 Å². The molecule has 2 N–H and O–H groups in total. The average molecular weight is 484 g/mol. The minimum absolute atomic E-state index is 0. The Morgan fingerprint density at radius 1 is 1.19 bits per heavy atom. The summed E-state index contributed by atoms with van der Waals surface area (Å²) >= 11 is 0. The van der Waals surface area contributed by atoms with Crippen LogP contribution >= 0.6 is 24.0 Å². The van der Waals surface area contributed by atoms with Gasteiger partial charge in [-0.05, 0) is 43.9 Å². The molecule has 2 aromatic heterocycles.